The number of carbonyl (C=O) groups is 3. The lowest BCUT2D eigenvalue weighted by Gasteiger charge is -2.36. The third kappa shape index (κ3) is 5.70. The molecule has 3 aromatic carbocycles. The van der Waals surface area contributed by atoms with Crippen molar-refractivity contribution in [1.82, 2.24) is 9.55 Å². The lowest BCUT2D eigenvalue weighted by Crippen LogP contribution is -2.48. The van der Waals surface area contributed by atoms with Crippen molar-refractivity contribution in [3.8, 4) is 28.3 Å². The third-order valence-electron chi connectivity index (χ3n) is 9.60. The first-order valence-electron chi connectivity index (χ1n) is 17.3. The number of rotatable bonds is 6. The summed E-state index contributed by atoms with van der Waals surface area (Å²) >= 11 is 0. The highest BCUT2D eigenvalue weighted by atomic mass is 16.7. The molecule has 1 aliphatic carbocycles. The first kappa shape index (κ1) is 33.8. The summed E-state index contributed by atoms with van der Waals surface area (Å²) in [4.78, 5) is 64.2. The Morgan fingerprint density at radius 1 is 0.962 bits per heavy atom. The number of pyridine rings is 2. The predicted octanol–water partition coefficient (Wildman–Crippen LogP) is 6.78. The number of hydrogen-bond donors (Lipinski definition) is 0. The highest BCUT2D eigenvalue weighted by molar-refractivity contribution is 6.24. The minimum absolute atomic E-state index is 0.00607. The van der Waals surface area contributed by atoms with E-state index in [0.29, 0.717) is 28.0 Å². The fraction of sp³-hybridized carbons (Fsp3) is 0.268. The van der Waals surface area contributed by atoms with Crippen LogP contribution in [0.1, 0.15) is 68.9 Å². The Morgan fingerprint density at radius 3 is 2.30 bits per heavy atom. The van der Waals surface area contributed by atoms with Crippen LogP contribution in [-0.4, -0.2) is 45.1 Å². The Labute approximate surface area is 303 Å². The number of esters is 2. The van der Waals surface area contributed by atoms with Gasteiger partial charge in [0.25, 0.3) is 5.56 Å². The van der Waals surface area contributed by atoms with E-state index in [1.54, 1.807) is 56.5 Å². The van der Waals surface area contributed by atoms with Gasteiger partial charge in [-0.3, -0.25) is 4.79 Å². The van der Waals surface area contributed by atoms with Gasteiger partial charge in [0.05, 0.1) is 29.0 Å². The maximum Gasteiger partial charge on any atom is 0.514 e. The van der Waals surface area contributed by atoms with Crippen LogP contribution in [0.5, 0.6) is 5.75 Å². The van der Waals surface area contributed by atoms with Crippen molar-refractivity contribution in [2.45, 2.75) is 71.5 Å². The van der Waals surface area contributed by atoms with E-state index in [1.807, 2.05) is 54.6 Å². The van der Waals surface area contributed by atoms with Crippen LogP contribution in [-0.2, 0) is 47.4 Å². The number of nitrogens with zero attached hydrogens (tertiary/aromatic N) is 3. The maximum absolute atomic E-state index is 14.0. The summed E-state index contributed by atoms with van der Waals surface area (Å²) in [6.45, 7) is 8.35. The van der Waals surface area contributed by atoms with Gasteiger partial charge in [-0.2, -0.15) is 0 Å². The van der Waals surface area contributed by atoms with E-state index >= 15 is 0 Å². The molecule has 12 nitrogen and oxygen atoms in total. The topological polar surface area (TPSA) is 145 Å². The van der Waals surface area contributed by atoms with E-state index in [2.05, 4.69) is 5.16 Å². The summed E-state index contributed by atoms with van der Waals surface area (Å²) in [7, 11) is 0. The smallest absolute Gasteiger partial charge is 0.457 e. The second kappa shape index (κ2) is 12.4. The number of carbonyl (C=O) groups excluding carboxylic acids is 3. The van der Waals surface area contributed by atoms with Crippen molar-refractivity contribution in [1.29, 1.82) is 0 Å². The fourth-order valence-corrected chi connectivity index (χ4v) is 7.07. The largest absolute Gasteiger partial charge is 0.514 e. The van der Waals surface area contributed by atoms with E-state index < -0.39 is 35.4 Å². The molecule has 0 amide bonds. The van der Waals surface area contributed by atoms with Crippen LogP contribution in [0.2, 0.25) is 0 Å². The SMILES string of the molecule is CC[C@@]1(OC(=O)C(C)ON=C2c3ccccc3-c3ccccc32)C(=O)OCc2c1cc1n(c2=O)Cc2cc3cc(OC(=O)OC(C)(C)C)ccc3nc2-1. The van der Waals surface area contributed by atoms with Gasteiger partial charge in [-0.15, -0.1) is 0 Å². The summed E-state index contributed by atoms with van der Waals surface area (Å²) in [5, 5.41) is 5.07. The van der Waals surface area contributed by atoms with Crippen LogP contribution in [0.25, 0.3) is 33.4 Å². The zero-order valence-corrected chi connectivity index (χ0v) is 29.7. The molecule has 5 aromatic rings. The summed E-state index contributed by atoms with van der Waals surface area (Å²) in [6.07, 6.45) is -2.04. The molecule has 268 valence electrons. The van der Waals surface area contributed by atoms with Crippen molar-refractivity contribution in [3.63, 3.8) is 0 Å². The highest BCUT2D eigenvalue weighted by Gasteiger charge is 2.51. The minimum Gasteiger partial charge on any atom is -0.457 e. The molecule has 2 aliphatic heterocycles. The van der Waals surface area contributed by atoms with Gasteiger partial charge in [-0.05, 0) is 75.6 Å². The van der Waals surface area contributed by atoms with E-state index in [-0.39, 0.29) is 42.0 Å². The van der Waals surface area contributed by atoms with Gasteiger partial charge in [0, 0.05) is 27.6 Å². The number of oxime groups is 1. The normalized spacial score (nSPS) is 17.1. The molecule has 4 heterocycles. The molecule has 0 fully saturated rings. The first-order chi connectivity index (χ1) is 25.4. The molecule has 0 spiro atoms. The van der Waals surface area contributed by atoms with Crippen LogP contribution in [0.3, 0.4) is 0 Å². The Bertz CT molecular complexity index is 2430. The fourth-order valence-electron chi connectivity index (χ4n) is 7.07. The van der Waals surface area contributed by atoms with Gasteiger partial charge in [-0.25, -0.2) is 19.4 Å². The molecule has 0 radical (unpaired) electrons. The molecule has 53 heavy (non-hydrogen) atoms. The number of ether oxygens (including phenoxy) is 4. The monoisotopic (exact) mass is 713 g/mol. The Balaban J connectivity index is 1.09. The van der Waals surface area contributed by atoms with Gasteiger partial charge >= 0.3 is 18.1 Å². The number of cyclic esters (lactones) is 1. The van der Waals surface area contributed by atoms with Gasteiger partial charge in [-0.1, -0.05) is 60.6 Å². The van der Waals surface area contributed by atoms with Gasteiger partial charge in [0.2, 0.25) is 11.7 Å². The van der Waals surface area contributed by atoms with Crippen LogP contribution >= 0.6 is 0 Å². The molecule has 3 aliphatic rings. The van der Waals surface area contributed by atoms with Crippen molar-refractivity contribution < 1.29 is 38.2 Å². The third-order valence-corrected chi connectivity index (χ3v) is 9.60. The predicted molar refractivity (Wildman–Crippen MR) is 193 cm³/mol. The number of aromatic nitrogens is 2. The van der Waals surface area contributed by atoms with E-state index in [9.17, 15) is 19.2 Å². The molecule has 1 unspecified atom stereocenters. The highest BCUT2D eigenvalue weighted by Crippen LogP contribution is 2.42. The summed E-state index contributed by atoms with van der Waals surface area (Å²) < 4.78 is 23.7. The standard InChI is InChI=1S/C41H35N3O9/c1-6-41(51-37(46)22(2)53-43-35-28-13-9-7-11-26(28)27-12-8-10-14-29(27)35)31-19-33-34-24(20-44(33)36(45)30(31)21-49-38(41)47)17-23-18-25(15-16-32(23)42-34)50-39(48)52-40(3,4)5/h7-19,22H,6,20-21H2,1-5H3/t22?,41-/m0/s1. The number of benzene rings is 3. The Hall–Kier alpha value is -6.30. The van der Waals surface area contributed by atoms with Crippen LogP contribution in [0.4, 0.5) is 4.79 Å². The van der Waals surface area contributed by atoms with Crippen molar-refractivity contribution in [2.24, 2.45) is 5.16 Å². The number of fused-ring (bicyclic) bond motifs is 8. The van der Waals surface area contributed by atoms with E-state index in [4.69, 9.17) is 28.8 Å². The molecule has 0 bridgehead atoms. The van der Waals surface area contributed by atoms with Crippen LogP contribution in [0.15, 0.2) is 88.8 Å². The Morgan fingerprint density at radius 2 is 1.64 bits per heavy atom. The zero-order chi connectivity index (χ0) is 37.2. The van der Waals surface area contributed by atoms with Gasteiger partial charge in [0.1, 0.15) is 23.7 Å². The number of hydrogen-bond acceptors (Lipinski definition) is 11. The zero-order valence-electron chi connectivity index (χ0n) is 29.7. The average molecular weight is 714 g/mol. The Kier molecular flexibility index (Phi) is 7.93. The van der Waals surface area contributed by atoms with Crippen molar-refractivity contribution >= 4 is 34.7 Å². The molecular weight excluding hydrogens is 678 g/mol. The van der Waals surface area contributed by atoms with Crippen LogP contribution in [0, 0.1) is 0 Å². The first-order valence-corrected chi connectivity index (χ1v) is 17.3. The van der Waals surface area contributed by atoms with E-state index in [1.165, 1.54) is 6.92 Å². The lowest BCUT2D eigenvalue weighted by atomic mass is 9.85. The average Bonchev–Trinajstić information content (AvgIpc) is 3.65. The molecule has 2 atom stereocenters. The summed E-state index contributed by atoms with van der Waals surface area (Å²) in [5.74, 6) is -1.36. The van der Waals surface area contributed by atoms with Gasteiger partial charge < -0.3 is 28.4 Å². The molecule has 2 aromatic heterocycles. The lowest BCUT2D eigenvalue weighted by molar-refractivity contribution is -0.195. The minimum atomic E-state index is -1.91. The van der Waals surface area contributed by atoms with Crippen LogP contribution < -0.4 is 10.3 Å². The summed E-state index contributed by atoms with van der Waals surface area (Å²) in [6, 6.07) is 24.1. The van der Waals surface area contributed by atoms with Crippen molar-refractivity contribution in [3.05, 3.63) is 117 Å². The molecule has 8 rings (SSSR count). The maximum atomic E-state index is 14.0. The second-order valence-corrected chi connectivity index (χ2v) is 14.2. The molecule has 12 heteroatoms. The quantitative estimate of drug-likeness (QED) is 0.0783. The molecule has 0 N–H and O–H groups in total. The molecule has 0 saturated heterocycles. The summed E-state index contributed by atoms with van der Waals surface area (Å²) in [5.41, 5.74) is 4.12. The van der Waals surface area contributed by atoms with E-state index in [0.717, 1.165) is 27.8 Å². The molecular formula is C41H35N3O9. The second-order valence-electron chi connectivity index (χ2n) is 14.2. The van der Waals surface area contributed by atoms with Crippen molar-refractivity contribution in [2.75, 3.05) is 0 Å². The molecule has 0 saturated carbocycles. The van der Waals surface area contributed by atoms with Gasteiger partial charge in [0.15, 0.2) is 0 Å².